The van der Waals surface area contributed by atoms with Crippen molar-refractivity contribution in [3.63, 3.8) is 0 Å². The fraction of sp³-hybridized carbons (Fsp3) is 0.929. The van der Waals surface area contributed by atoms with Crippen molar-refractivity contribution in [3.8, 4) is 0 Å². The summed E-state index contributed by atoms with van der Waals surface area (Å²) in [6.45, 7) is -0.661. The Bertz CT molecular complexity index is 524. The summed E-state index contributed by atoms with van der Waals surface area (Å²) in [5.74, 6) is 0. The molecule has 0 bridgehead atoms. The summed E-state index contributed by atoms with van der Waals surface area (Å²) < 4.78 is 15.2. The first-order valence-electron chi connectivity index (χ1n) is 8.11. The van der Waals surface area contributed by atoms with Gasteiger partial charge in [-0.1, -0.05) is 0 Å². The number of nitrogens with zero attached hydrogens (tertiary/aromatic N) is 1. The number of piperidine rings is 1. The van der Waals surface area contributed by atoms with E-state index in [0.29, 0.717) is 0 Å². The minimum atomic E-state index is -1.54. The molecule has 3 fully saturated rings. The first kappa shape index (κ1) is 20.0. The van der Waals surface area contributed by atoms with Gasteiger partial charge in [-0.05, 0) is 0 Å². The molecule has 0 aliphatic carbocycles. The Hall–Kier alpha value is -0.700. The number of methoxy groups -OCH3 is 1. The molecule has 0 unspecified atom stereocenters. The Balaban J connectivity index is 1.84. The summed E-state index contributed by atoms with van der Waals surface area (Å²) >= 11 is 0.846. The molecule has 3 aliphatic heterocycles. The normalized spacial score (nSPS) is 49.0. The molecule has 12 heteroatoms. The van der Waals surface area contributed by atoms with Gasteiger partial charge in [0.15, 0.2) is 6.29 Å². The van der Waals surface area contributed by atoms with Gasteiger partial charge in [0.2, 0.25) is 0 Å². The fourth-order valence-corrected chi connectivity index (χ4v) is 5.15. The van der Waals surface area contributed by atoms with Gasteiger partial charge >= 0.3 is 6.09 Å². The van der Waals surface area contributed by atoms with Gasteiger partial charge in [-0.3, -0.25) is 4.90 Å². The van der Waals surface area contributed by atoms with E-state index in [0.717, 1.165) is 16.7 Å². The zero-order valence-electron chi connectivity index (χ0n) is 13.9. The number of rotatable bonds is 4. The lowest BCUT2D eigenvalue weighted by molar-refractivity contribution is -0.259. The molecule has 11 nitrogen and oxygen atoms in total. The number of aliphatic hydroxyl groups excluding tert-OH is 6. The highest BCUT2D eigenvalue weighted by atomic mass is 32.2. The summed E-state index contributed by atoms with van der Waals surface area (Å²) in [6, 6.07) is -0.857. The second-order valence-corrected chi connectivity index (χ2v) is 7.76. The molecule has 3 aliphatic rings. The molecular weight excluding hydrogens is 374 g/mol. The largest absolute Gasteiger partial charge is 0.447 e. The van der Waals surface area contributed by atoms with Gasteiger partial charge in [0.25, 0.3) is 0 Å². The first-order chi connectivity index (χ1) is 12.3. The van der Waals surface area contributed by atoms with E-state index < -0.39 is 72.3 Å². The van der Waals surface area contributed by atoms with Gasteiger partial charge in [0.05, 0.1) is 30.1 Å². The van der Waals surface area contributed by atoms with E-state index in [-0.39, 0.29) is 6.61 Å². The van der Waals surface area contributed by atoms with Gasteiger partial charge in [-0.25, -0.2) is 4.79 Å². The molecule has 150 valence electrons. The highest BCUT2D eigenvalue weighted by molar-refractivity contribution is 8.00. The molecule has 0 aromatic heterocycles. The zero-order valence-corrected chi connectivity index (χ0v) is 14.7. The third-order valence-corrected chi connectivity index (χ3v) is 6.64. The number of thioether (sulfide) groups is 1. The standard InChI is InChI=1S/C14H23NO10S/c1-23-13-10(21)8(19)11(5(2-16)25-13)26-12-9(20)7(18)6(17)4-3-24-14(22)15(4)12/h4-13,16-21H,2-3H2,1H3/t4-,5-,6-,7+,8-,9-,10-,11-,12-,13+/m1/s1. The van der Waals surface area contributed by atoms with E-state index >= 15 is 0 Å². The van der Waals surface area contributed by atoms with Crippen molar-refractivity contribution in [3.05, 3.63) is 0 Å². The molecule has 0 radical (unpaired) electrons. The molecule has 1 amide bonds. The average Bonchev–Trinajstić information content (AvgIpc) is 3.02. The zero-order chi connectivity index (χ0) is 19.2. The van der Waals surface area contributed by atoms with Crippen LogP contribution in [0.5, 0.6) is 0 Å². The maximum Gasteiger partial charge on any atom is 0.411 e. The second kappa shape index (κ2) is 7.73. The van der Waals surface area contributed by atoms with Crippen molar-refractivity contribution in [1.29, 1.82) is 0 Å². The maximum absolute atomic E-state index is 12.0. The molecular formula is C14H23NO10S. The minimum Gasteiger partial charge on any atom is -0.447 e. The Morgan fingerprint density at radius 3 is 2.42 bits per heavy atom. The first-order valence-corrected chi connectivity index (χ1v) is 9.06. The highest BCUT2D eigenvalue weighted by Crippen LogP contribution is 2.40. The maximum atomic E-state index is 12.0. The van der Waals surface area contributed by atoms with Crippen molar-refractivity contribution >= 4 is 17.9 Å². The number of amides is 1. The summed E-state index contributed by atoms with van der Waals surface area (Å²) in [5, 5.41) is 58.5. The van der Waals surface area contributed by atoms with Crippen molar-refractivity contribution < 1.29 is 49.6 Å². The molecule has 0 aromatic rings. The van der Waals surface area contributed by atoms with Gasteiger partial charge in [-0.15, -0.1) is 11.8 Å². The predicted molar refractivity (Wildman–Crippen MR) is 84.9 cm³/mol. The number of ether oxygens (including phenoxy) is 3. The molecule has 26 heavy (non-hydrogen) atoms. The lowest BCUT2D eigenvalue weighted by Crippen LogP contribution is -2.66. The third-order valence-electron chi connectivity index (χ3n) is 4.96. The lowest BCUT2D eigenvalue weighted by Gasteiger charge is -2.47. The number of carbonyl (C=O) groups is 1. The average molecular weight is 397 g/mol. The van der Waals surface area contributed by atoms with E-state index in [1.54, 1.807) is 0 Å². The van der Waals surface area contributed by atoms with Crippen LogP contribution in [-0.4, -0.2) is 122 Å². The summed E-state index contributed by atoms with van der Waals surface area (Å²) in [5.41, 5.74) is 0. The van der Waals surface area contributed by atoms with Crippen molar-refractivity contribution in [1.82, 2.24) is 4.90 Å². The molecule has 0 saturated carbocycles. The Morgan fingerprint density at radius 2 is 1.81 bits per heavy atom. The van der Waals surface area contributed by atoms with E-state index in [2.05, 4.69) is 0 Å². The molecule has 3 saturated heterocycles. The summed E-state index contributed by atoms with van der Waals surface area (Å²) in [6.07, 6.45) is -10.2. The molecule has 3 rings (SSSR count). The van der Waals surface area contributed by atoms with Gasteiger partial charge in [-0.2, -0.15) is 0 Å². The van der Waals surface area contributed by atoms with Crippen LogP contribution < -0.4 is 0 Å². The number of hydrogen-bond acceptors (Lipinski definition) is 11. The SMILES string of the molecule is CO[C@H]1O[C@H](CO)[C@@H](S[C@@H]2[C@H](O)[C@@H](O)[C@H](O)[C@H]3COC(=O)N32)[C@H](O)[C@H]1O. The van der Waals surface area contributed by atoms with Crippen LogP contribution in [0.15, 0.2) is 0 Å². The van der Waals surface area contributed by atoms with Crippen molar-refractivity contribution in [2.24, 2.45) is 0 Å². The number of cyclic esters (lactones) is 1. The van der Waals surface area contributed by atoms with Crippen LogP contribution >= 0.6 is 11.8 Å². The third kappa shape index (κ3) is 3.19. The van der Waals surface area contributed by atoms with Crippen LogP contribution in [0.4, 0.5) is 4.79 Å². The highest BCUT2D eigenvalue weighted by Gasteiger charge is 2.56. The quantitative estimate of drug-likeness (QED) is 0.277. The Morgan fingerprint density at radius 1 is 1.12 bits per heavy atom. The van der Waals surface area contributed by atoms with E-state index in [1.807, 2.05) is 0 Å². The van der Waals surface area contributed by atoms with E-state index in [4.69, 9.17) is 14.2 Å². The smallest absolute Gasteiger partial charge is 0.411 e. The molecule has 10 atom stereocenters. The van der Waals surface area contributed by atoms with Gasteiger partial charge < -0.3 is 44.8 Å². The number of hydrogen-bond donors (Lipinski definition) is 6. The van der Waals surface area contributed by atoms with Crippen LogP contribution in [0.25, 0.3) is 0 Å². The van der Waals surface area contributed by atoms with Crippen LogP contribution in [-0.2, 0) is 14.2 Å². The van der Waals surface area contributed by atoms with Crippen molar-refractivity contribution in [2.45, 2.75) is 59.6 Å². The second-order valence-electron chi connectivity index (χ2n) is 6.46. The number of aliphatic hydroxyl groups is 6. The lowest BCUT2D eigenvalue weighted by atomic mass is 9.95. The molecule has 0 aromatic carbocycles. The number of fused-ring (bicyclic) bond motifs is 1. The fourth-order valence-electron chi connectivity index (χ4n) is 3.49. The van der Waals surface area contributed by atoms with Gasteiger partial charge in [0, 0.05) is 7.11 Å². The molecule has 3 heterocycles. The topological polar surface area (TPSA) is 169 Å². The number of carbonyl (C=O) groups excluding carboxylic acids is 1. The molecule has 0 spiro atoms. The van der Waals surface area contributed by atoms with Crippen LogP contribution in [0.1, 0.15) is 0 Å². The van der Waals surface area contributed by atoms with Gasteiger partial charge in [0.1, 0.15) is 36.4 Å². The Kier molecular flexibility index (Phi) is 5.96. The Labute approximate surface area is 153 Å². The summed E-state index contributed by atoms with van der Waals surface area (Å²) in [7, 11) is 1.27. The van der Waals surface area contributed by atoms with Crippen molar-refractivity contribution in [2.75, 3.05) is 20.3 Å². The van der Waals surface area contributed by atoms with E-state index in [1.165, 1.54) is 7.11 Å². The summed E-state index contributed by atoms with van der Waals surface area (Å²) in [4.78, 5) is 13.1. The van der Waals surface area contributed by atoms with E-state index in [9.17, 15) is 35.4 Å². The van der Waals surface area contributed by atoms with Crippen LogP contribution in [0.3, 0.4) is 0 Å². The minimum absolute atomic E-state index is 0.150. The van der Waals surface area contributed by atoms with Crippen LogP contribution in [0, 0.1) is 0 Å². The van der Waals surface area contributed by atoms with Crippen LogP contribution in [0.2, 0.25) is 0 Å². The monoisotopic (exact) mass is 397 g/mol. The predicted octanol–water partition coefficient (Wildman–Crippen LogP) is -3.58. The molecule has 6 N–H and O–H groups in total.